The first-order valence-corrected chi connectivity index (χ1v) is 19.6. The summed E-state index contributed by atoms with van der Waals surface area (Å²) in [5.41, 5.74) is 8.66. The molecule has 0 atom stereocenters. The Kier molecular flexibility index (Phi) is 6.93. The zero-order valence-corrected chi connectivity index (χ0v) is 28.4. The van der Waals surface area contributed by atoms with Crippen molar-refractivity contribution >= 4 is 63.0 Å². The summed E-state index contributed by atoms with van der Waals surface area (Å²) in [5, 5.41) is 8.99. The molecule has 236 valence electrons. The number of aromatic nitrogens is 2. The lowest BCUT2D eigenvalue weighted by Gasteiger charge is -2.26. The van der Waals surface area contributed by atoms with Crippen LogP contribution in [0.1, 0.15) is 0 Å². The Labute approximate surface area is 286 Å². The average Bonchev–Trinajstić information content (AvgIpc) is 3.72. The van der Waals surface area contributed by atoms with Gasteiger partial charge in [-0.05, 0) is 71.8 Å². The van der Waals surface area contributed by atoms with E-state index in [2.05, 4.69) is 163 Å². The molecule has 0 aliphatic carbocycles. The van der Waals surface area contributed by atoms with Crippen molar-refractivity contribution in [3.05, 3.63) is 170 Å². The molecule has 0 fully saturated rings. The van der Waals surface area contributed by atoms with Crippen LogP contribution in [0, 0.1) is 0 Å². The number of pyridine rings is 1. The Morgan fingerprint density at radius 2 is 1.12 bits per heavy atom. The van der Waals surface area contributed by atoms with E-state index >= 15 is 0 Å². The number of para-hydroxylation sites is 4. The van der Waals surface area contributed by atoms with Crippen LogP contribution in [0.15, 0.2) is 170 Å². The van der Waals surface area contributed by atoms with Crippen molar-refractivity contribution in [3.63, 3.8) is 0 Å². The van der Waals surface area contributed by atoms with Gasteiger partial charge < -0.3 is 0 Å². The van der Waals surface area contributed by atoms with Crippen molar-refractivity contribution in [2.24, 2.45) is 0 Å². The predicted molar refractivity (Wildman–Crippen MR) is 205 cm³/mol. The molecule has 0 spiro atoms. The highest BCUT2D eigenvalue weighted by molar-refractivity contribution is 7.00. The lowest BCUT2D eigenvalue weighted by molar-refractivity contribution is 0.156. The van der Waals surface area contributed by atoms with Gasteiger partial charge in [0.05, 0.1) is 33.8 Å². The van der Waals surface area contributed by atoms with Crippen LogP contribution in [0.2, 0.25) is 13.1 Å². The molecule has 0 unspecified atom stereocenters. The van der Waals surface area contributed by atoms with Crippen molar-refractivity contribution in [1.29, 1.82) is 0 Å². The van der Waals surface area contributed by atoms with E-state index in [0.29, 0.717) is 0 Å². The highest BCUT2D eigenvalue weighted by Crippen LogP contribution is 2.44. The molecule has 1 aliphatic heterocycles. The first-order chi connectivity index (χ1) is 24.1. The maximum absolute atomic E-state index is 6.55. The minimum absolute atomic E-state index is 0.916. The summed E-state index contributed by atoms with van der Waals surface area (Å²) < 4.78 is 2.33. The zero-order valence-electron chi connectivity index (χ0n) is 27.4. The number of nitrogens with zero attached hydrogens (tertiary/aromatic N) is 4. The molecule has 0 N–H and O–H groups in total. The maximum atomic E-state index is 6.55. The van der Waals surface area contributed by atoms with E-state index in [9.17, 15) is 0 Å². The number of hydrogen-bond donors (Lipinski definition) is 0. The maximum Gasteiger partial charge on any atom is 0.138 e. The van der Waals surface area contributed by atoms with E-state index in [0.717, 1.165) is 39.6 Å². The summed E-state index contributed by atoms with van der Waals surface area (Å²) in [6.45, 7) is 4.87. The van der Waals surface area contributed by atoms with Gasteiger partial charge in [0.1, 0.15) is 13.9 Å². The number of fused-ring (bicyclic) bond motifs is 4. The fourth-order valence-electron chi connectivity index (χ4n) is 7.06. The molecule has 0 amide bonds. The van der Waals surface area contributed by atoms with E-state index in [1.54, 1.807) is 0 Å². The molecule has 2 aromatic heterocycles. The van der Waals surface area contributed by atoms with Gasteiger partial charge in [-0.25, -0.2) is 4.98 Å². The molecule has 0 saturated carbocycles. The van der Waals surface area contributed by atoms with E-state index in [4.69, 9.17) is 9.92 Å². The van der Waals surface area contributed by atoms with E-state index in [1.807, 2.05) is 34.5 Å². The molecule has 0 saturated heterocycles. The van der Waals surface area contributed by atoms with Crippen LogP contribution < -0.4 is 20.5 Å². The smallest absolute Gasteiger partial charge is 0.138 e. The van der Waals surface area contributed by atoms with Crippen LogP contribution in [0.3, 0.4) is 0 Å². The molecule has 3 heterocycles. The van der Waals surface area contributed by atoms with Crippen molar-refractivity contribution in [1.82, 2.24) is 9.55 Å². The molecule has 0 bridgehead atoms. The van der Waals surface area contributed by atoms with Crippen LogP contribution in [0.4, 0.5) is 22.7 Å². The van der Waals surface area contributed by atoms with Gasteiger partial charge in [0.2, 0.25) is 0 Å². The Morgan fingerprint density at radius 1 is 0.490 bits per heavy atom. The van der Waals surface area contributed by atoms with Gasteiger partial charge in [-0.3, -0.25) is 4.57 Å². The standard InChI is InChI=1S/C43H34N4OSi/c1-49(2,35-19-13-18-34(29-35)47-41-23-12-11-22-40(41)46(48-47)33-16-7-4-8-17-33)36-24-25-38-37-20-9-10-21-39(37)45(42(38)30-36)43-28-32(26-27-44-43)31-14-5-3-6-15-31/h3-30H,1-2H3. The monoisotopic (exact) mass is 650 g/mol. The molecule has 0 radical (unpaired) electrons. The third kappa shape index (κ3) is 4.92. The van der Waals surface area contributed by atoms with Gasteiger partial charge >= 0.3 is 0 Å². The number of rotatable bonds is 6. The predicted octanol–water partition coefficient (Wildman–Crippen LogP) is 9.80. The molecule has 49 heavy (non-hydrogen) atoms. The van der Waals surface area contributed by atoms with Crippen molar-refractivity contribution < 1.29 is 4.94 Å². The van der Waals surface area contributed by atoms with Gasteiger partial charge in [0.15, 0.2) is 0 Å². The first kappa shape index (κ1) is 29.2. The number of anilines is 4. The topological polar surface area (TPSA) is 33.5 Å². The minimum Gasteiger partial charge on any atom is -0.294 e. The quantitative estimate of drug-likeness (QED) is 0.168. The largest absolute Gasteiger partial charge is 0.294 e. The Morgan fingerprint density at radius 3 is 1.92 bits per heavy atom. The van der Waals surface area contributed by atoms with E-state index in [1.165, 1.54) is 32.2 Å². The lowest BCUT2D eigenvalue weighted by atomic mass is 10.1. The fraction of sp³-hybridized carbons (Fsp3) is 0.0465. The van der Waals surface area contributed by atoms with Gasteiger partial charge in [0, 0.05) is 17.0 Å². The van der Waals surface area contributed by atoms with Gasteiger partial charge in [-0.15, -0.1) is 4.94 Å². The summed E-state index contributed by atoms with van der Waals surface area (Å²) in [4.78, 5) is 11.5. The molecule has 1 aliphatic rings. The summed E-state index contributed by atoms with van der Waals surface area (Å²) in [6, 6.07) is 57.9. The van der Waals surface area contributed by atoms with Gasteiger partial charge in [0.25, 0.3) is 0 Å². The molecule has 5 nitrogen and oxygen atoms in total. The number of benzene rings is 6. The van der Waals surface area contributed by atoms with Crippen molar-refractivity contribution in [2.45, 2.75) is 13.1 Å². The van der Waals surface area contributed by atoms with Gasteiger partial charge in [-0.1, -0.05) is 127 Å². The first-order valence-electron chi connectivity index (χ1n) is 16.6. The van der Waals surface area contributed by atoms with Crippen molar-refractivity contribution in [2.75, 3.05) is 10.1 Å². The Bertz CT molecular complexity index is 2470. The lowest BCUT2D eigenvalue weighted by Crippen LogP contribution is -2.52. The van der Waals surface area contributed by atoms with Gasteiger partial charge in [-0.2, -0.15) is 10.1 Å². The molecular formula is C43H34N4OSi. The molecule has 6 aromatic carbocycles. The summed E-state index contributed by atoms with van der Waals surface area (Å²) in [7, 11) is -2.19. The van der Waals surface area contributed by atoms with Crippen LogP contribution >= 0.6 is 0 Å². The Hall–Kier alpha value is -5.95. The second kappa shape index (κ2) is 11.6. The third-order valence-electron chi connectivity index (χ3n) is 9.75. The highest BCUT2D eigenvalue weighted by atomic mass is 28.3. The average molecular weight is 651 g/mol. The Balaban J connectivity index is 1.13. The summed E-state index contributed by atoms with van der Waals surface area (Å²) in [5.74, 6) is 0.916. The normalized spacial score (nSPS) is 12.9. The van der Waals surface area contributed by atoms with Crippen molar-refractivity contribution in [3.8, 4) is 16.9 Å². The van der Waals surface area contributed by atoms with E-state index < -0.39 is 8.07 Å². The SMILES string of the molecule is C[Si](C)(c1cccc(N2ON(c3ccccc3)c3ccccc32)c1)c1ccc2c3ccccc3n(-c3cc(-c4ccccc4)ccn3)c2c1. The highest BCUT2D eigenvalue weighted by Gasteiger charge is 2.32. The third-order valence-corrected chi connectivity index (χ3v) is 13.3. The molecular weight excluding hydrogens is 617 g/mol. The fourth-order valence-corrected chi connectivity index (χ4v) is 9.41. The summed E-state index contributed by atoms with van der Waals surface area (Å²) >= 11 is 0. The summed E-state index contributed by atoms with van der Waals surface area (Å²) in [6.07, 6.45) is 1.92. The van der Waals surface area contributed by atoms with E-state index in [-0.39, 0.29) is 0 Å². The minimum atomic E-state index is -2.19. The second-order valence-corrected chi connectivity index (χ2v) is 17.4. The number of hydrogen-bond acceptors (Lipinski definition) is 4. The molecule has 6 heteroatoms. The van der Waals surface area contributed by atoms with Crippen LogP contribution in [-0.4, -0.2) is 17.6 Å². The van der Waals surface area contributed by atoms with Crippen LogP contribution in [-0.2, 0) is 4.94 Å². The van der Waals surface area contributed by atoms with Crippen LogP contribution in [0.25, 0.3) is 38.8 Å². The second-order valence-electron chi connectivity index (χ2n) is 13.0. The zero-order chi connectivity index (χ0) is 33.0. The molecule has 9 rings (SSSR count). The molecule has 8 aromatic rings. The van der Waals surface area contributed by atoms with Crippen LogP contribution in [0.5, 0.6) is 0 Å².